The normalized spacial score (nSPS) is 12.5. The second kappa shape index (κ2) is 5.14. The highest BCUT2D eigenvalue weighted by molar-refractivity contribution is 7.92. The van der Waals surface area contributed by atoms with Crippen molar-refractivity contribution in [2.45, 2.75) is 10.2 Å². The van der Waals surface area contributed by atoms with Crippen LogP contribution in [0.4, 0.5) is 8.78 Å². The van der Waals surface area contributed by atoms with E-state index in [-0.39, 0.29) is 0 Å². The van der Waals surface area contributed by atoms with E-state index in [0.717, 1.165) is 18.2 Å². The highest BCUT2D eigenvalue weighted by Gasteiger charge is 2.49. The van der Waals surface area contributed by atoms with Crippen molar-refractivity contribution in [1.82, 2.24) is 4.98 Å². The van der Waals surface area contributed by atoms with Crippen LogP contribution in [0, 0.1) is 0 Å². The number of sulfone groups is 1. The Kier molecular flexibility index (Phi) is 3.41. The molecule has 0 atom stereocenters. The topological polar surface area (TPSA) is 47.0 Å². The molecular weight excluding hydrogens is 308 g/mol. The van der Waals surface area contributed by atoms with Gasteiger partial charge in [-0.05, 0) is 24.3 Å². The Morgan fingerprint density at radius 2 is 1.45 bits per heavy atom. The van der Waals surface area contributed by atoms with Gasteiger partial charge in [0, 0.05) is 5.39 Å². The molecule has 0 fully saturated rings. The largest absolute Gasteiger partial charge is 0.391 e. The predicted molar refractivity (Wildman–Crippen MR) is 79.3 cm³/mol. The standard InChI is InChI=1S/C16H11F2NO2S/c17-16(18,22(20,21)13-7-2-1-3-8-13)15-11-10-12-6-4-5-9-14(12)19-15/h1-11H. The first-order valence-corrected chi connectivity index (χ1v) is 7.95. The lowest BCUT2D eigenvalue weighted by Gasteiger charge is -2.17. The van der Waals surface area contributed by atoms with Gasteiger partial charge in [0.25, 0.3) is 0 Å². The van der Waals surface area contributed by atoms with Crippen LogP contribution in [0.3, 0.4) is 0 Å². The number of aromatic nitrogens is 1. The Balaban J connectivity index is 2.15. The van der Waals surface area contributed by atoms with E-state index in [0.29, 0.717) is 10.9 Å². The van der Waals surface area contributed by atoms with Gasteiger partial charge in [0.05, 0.1) is 10.4 Å². The first kappa shape index (κ1) is 14.6. The summed E-state index contributed by atoms with van der Waals surface area (Å²) in [6.45, 7) is 0. The van der Waals surface area contributed by atoms with Crippen LogP contribution in [0.15, 0.2) is 71.6 Å². The lowest BCUT2D eigenvalue weighted by Crippen LogP contribution is -2.27. The number of benzene rings is 2. The summed E-state index contributed by atoms with van der Waals surface area (Å²) in [6, 6.07) is 15.8. The lowest BCUT2D eigenvalue weighted by atomic mass is 10.2. The molecule has 0 aliphatic rings. The third-order valence-electron chi connectivity index (χ3n) is 3.29. The van der Waals surface area contributed by atoms with Crippen molar-refractivity contribution in [3.8, 4) is 0 Å². The maximum absolute atomic E-state index is 14.5. The number of para-hydroxylation sites is 1. The van der Waals surface area contributed by atoms with E-state index in [9.17, 15) is 17.2 Å². The van der Waals surface area contributed by atoms with E-state index in [4.69, 9.17) is 0 Å². The first-order valence-electron chi connectivity index (χ1n) is 6.47. The number of fused-ring (bicyclic) bond motifs is 1. The Hall–Kier alpha value is -2.34. The van der Waals surface area contributed by atoms with Gasteiger partial charge >= 0.3 is 5.25 Å². The van der Waals surface area contributed by atoms with E-state index in [1.54, 1.807) is 30.3 Å². The van der Waals surface area contributed by atoms with Crippen molar-refractivity contribution in [2.24, 2.45) is 0 Å². The molecule has 0 radical (unpaired) electrons. The van der Waals surface area contributed by atoms with E-state index < -0.39 is 25.7 Å². The van der Waals surface area contributed by atoms with Crippen LogP contribution in [0.25, 0.3) is 10.9 Å². The quantitative estimate of drug-likeness (QED) is 0.738. The van der Waals surface area contributed by atoms with Crippen LogP contribution < -0.4 is 0 Å². The van der Waals surface area contributed by atoms with Gasteiger partial charge in [-0.2, -0.15) is 8.78 Å². The van der Waals surface area contributed by atoms with Crippen molar-refractivity contribution >= 4 is 20.7 Å². The summed E-state index contributed by atoms with van der Waals surface area (Å²) in [7, 11) is -4.86. The Morgan fingerprint density at radius 3 is 2.18 bits per heavy atom. The molecule has 2 aromatic carbocycles. The van der Waals surface area contributed by atoms with E-state index in [1.165, 1.54) is 18.2 Å². The highest BCUT2D eigenvalue weighted by Crippen LogP contribution is 2.38. The SMILES string of the molecule is O=S(=O)(c1ccccc1)C(F)(F)c1ccc2ccccc2n1. The van der Waals surface area contributed by atoms with Gasteiger partial charge in [-0.15, -0.1) is 0 Å². The van der Waals surface area contributed by atoms with Gasteiger partial charge in [-0.3, -0.25) is 0 Å². The van der Waals surface area contributed by atoms with Crippen LogP contribution in [0.5, 0.6) is 0 Å². The summed E-state index contributed by atoms with van der Waals surface area (Å²) in [5, 5.41) is -3.43. The Morgan fingerprint density at radius 1 is 0.818 bits per heavy atom. The molecule has 1 heterocycles. The zero-order valence-electron chi connectivity index (χ0n) is 11.3. The van der Waals surface area contributed by atoms with Crippen molar-refractivity contribution < 1.29 is 17.2 Å². The Labute approximate surface area is 126 Å². The Bertz CT molecular complexity index is 925. The zero-order chi connectivity index (χ0) is 15.8. The molecule has 3 aromatic rings. The number of nitrogens with zero attached hydrogens (tertiary/aromatic N) is 1. The molecule has 3 nitrogen and oxygen atoms in total. The maximum atomic E-state index is 14.5. The van der Waals surface area contributed by atoms with Crippen molar-refractivity contribution in [2.75, 3.05) is 0 Å². The second-order valence-corrected chi connectivity index (χ2v) is 6.71. The van der Waals surface area contributed by atoms with Crippen LogP contribution in [-0.2, 0) is 15.1 Å². The number of pyridine rings is 1. The monoisotopic (exact) mass is 319 g/mol. The van der Waals surface area contributed by atoms with Gasteiger partial charge in [0.1, 0.15) is 5.69 Å². The van der Waals surface area contributed by atoms with Crippen LogP contribution in [0.1, 0.15) is 5.69 Å². The maximum Gasteiger partial charge on any atom is 0.391 e. The van der Waals surface area contributed by atoms with Crippen LogP contribution in [-0.4, -0.2) is 13.4 Å². The fourth-order valence-electron chi connectivity index (χ4n) is 2.11. The molecule has 0 spiro atoms. The molecule has 0 aliphatic carbocycles. The molecule has 0 N–H and O–H groups in total. The average Bonchev–Trinajstić information content (AvgIpc) is 2.55. The number of rotatable bonds is 3. The molecular formula is C16H11F2NO2S. The third kappa shape index (κ3) is 2.25. The third-order valence-corrected chi connectivity index (χ3v) is 5.06. The summed E-state index contributed by atoms with van der Waals surface area (Å²) in [5.41, 5.74) is -0.460. The molecule has 0 unspecified atom stereocenters. The molecule has 22 heavy (non-hydrogen) atoms. The van der Waals surface area contributed by atoms with Gasteiger partial charge in [-0.1, -0.05) is 42.5 Å². The number of hydrogen-bond donors (Lipinski definition) is 0. The molecule has 3 rings (SSSR count). The van der Waals surface area contributed by atoms with Crippen molar-refractivity contribution in [1.29, 1.82) is 0 Å². The average molecular weight is 319 g/mol. The summed E-state index contributed by atoms with van der Waals surface area (Å²) < 4.78 is 53.4. The highest BCUT2D eigenvalue weighted by atomic mass is 32.2. The molecule has 0 saturated heterocycles. The minimum Gasteiger partial charge on any atom is -0.245 e. The minimum absolute atomic E-state index is 0.322. The van der Waals surface area contributed by atoms with E-state index in [2.05, 4.69) is 4.98 Å². The zero-order valence-corrected chi connectivity index (χ0v) is 12.1. The number of halogens is 2. The molecule has 6 heteroatoms. The van der Waals surface area contributed by atoms with E-state index >= 15 is 0 Å². The number of alkyl halides is 2. The summed E-state index contributed by atoms with van der Waals surface area (Å²) in [4.78, 5) is 3.37. The second-order valence-electron chi connectivity index (χ2n) is 4.72. The summed E-state index contributed by atoms with van der Waals surface area (Å²) >= 11 is 0. The summed E-state index contributed by atoms with van der Waals surface area (Å²) in [5.74, 6) is 0. The van der Waals surface area contributed by atoms with Crippen molar-refractivity contribution in [3.05, 3.63) is 72.4 Å². The summed E-state index contributed by atoms with van der Waals surface area (Å²) in [6.07, 6.45) is 0. The molecule has 0 aliphatic heterocycles. The molecule has 0 amide bonds. The van der Waals surface area contributed by atoms with Gasteiger partial charge in [0.2, 0.25) is 9.84 Å². The van der Waals surface area contributed by atoms with E-state index in [1.807, 2.05) is 0 Å². The predicted octanol–water partition coefficient (Wildman–Crippen LogP) is 3.76. The fraction of sp³-hybridized carbons (Fsp3) is 0.0625. The molecule has 0 saturated carbocycles. The first-order chi connectivity index (χ1) is 10.4. The van der Waals surface area contributed by atoms with Gasteiger partial charge < -0.3 is 0 Å². The smallest absolute Gasteiger partial charge is 0.245 e. The number of hydrogen-bond acceptors (Lipinski definition) is 3. The molecule has 0 bridgehead atoms. The molecule has 112 valence electrons. The van der Waals surface area contributed by atoms with Crippen molar-refractivity contribution in [3.63, 3.8) is 0 Å². The lowest BCUT2D eigenvalue weighted by molar-refractivity contribution is 0.0860. The minimum atomic E-state index is -4.86. The van der Waals surface area contributed by atoms with Gasteiger partial charge in [-0.25, -0.2) is 13.4 Å². The van der Waals surface area contributed by atoms with Gasteiger partial charge in [0.15, 0.2) is 0 Å². The van der Waals surface area contributed by atoms with Crippen LogP contribution >= 0.6 is 0 Å². The fourth-order valence-corrected chi connectivity index (χ4v) is 3.31. The van der Waals surface area contributed by atoms with Crippen LogP contribution in [0.2, 0.25) is 0 Å². The molecule has 1 aromatic heterocycles.